The van der Waals surface area contributed by atoms with Crippen LogP contribution in [0.25, 0.3) is 21.9 Å². The van der Waals surface area contributed by atoms with E-state index in [1.807, 2.05) is 0 Å². The molecule has 1 aromatic carbocycles. The summed E-state index contributed by atoms with van der Waals surface area (Å²) in [4.78, 5) is 30.7. The number of aromatic amines is 1. The second kappa shape index (κ2) is 4.51. The van der Waals surface area contributed by atoms with Gasteiger partial charge in [0.2, 0.25) is 0 Å². The molecule has 0 radical (unpaired) electrons. The molecule has 0 bridgehead atoms. The Bertz CT molecular complexity index is 968. The zero-order chi connectivity index (χ0) is 15.3. The maximum absolute atomic E-state index is 12.6. The van der Waals surface area contributed by atoms with Gasteiger partial charge >= 0.3 is 5.69 Å². The Morgan fingerprint density at radius 1 is 1.29 bits per heavy atom. The van der Waals surface area contributed by atoms with Crippen molar-refractivity contribution in [1.29, 1.82) is 0 Å². The molecule has 6 nitrogen and oxygen atoms in total. The minimum atomic E-state index is -2.65. The highest BCUT2D eigenvalue weighted by atomic mass is 19.3. The summed E-state index contributed by atoms with van der Waals surface area (Å²) in [6, 6.07) is 3.00. The van der Waals surface area contributed by atoms with Crippen LogP contribution in [0.5, 0.6) is 0 Å². The largest absolute Gasteiger partial charge is 0.329 e. The molecule has 0 aliphatic heterocycles. The molecule has 0 aliphatic rings. The molecule has 2 aromatic heterocycles. The van der Waals surface area contributed by atoms with Crippen LogP contribution in [0.2, 0.25) is 0 Å². The van der Waals surface area contributed by atoms with Gasteiger partial charge in [-0.05, 0) is 19.1 Å². The smallest absolute Gasteiger partial charge is 0.310 e. The number of benzene rings is 1. The number of rotatable bonds is 2. The molecule has 21 heavy (non-hydrogen) atoms. The van der Waals surface area contributed by atoms with Crippen LogP contribution in [-0.4, -0.2) is 25.5 Å². The number of nitrogens with one attached hydrogen (secondary N) is 1. The molecule has 2 heterocycles. The third-order valence-corrected chi connectivity index (χ3v) is 3.41. The quantitative estimate of drug-likeness (QED) is 0.770. The van der Waals surface area contributed by atoms with E-state index in [0.717, 1.165) is 4.57 Å². The molecular weight excluding hydrogens is 282 g/mol. The van der Waals surface area contributed by atoms with Crippen LogP contribution in [0, 0.1) is 6.92 Å². The van der Waals surface area contributed by atoms with Crippen molar-refractivity contribution in [2.45, 2.75) is 19.9 Å². The highest BCUT2D eigenvalue weighted by molar-refractivity contribution is 5.93. The van der Waals surface area contributed by atoms with E-state index < -0.39 is 18.7 Å². The van der Waals surface area contributed by atoms with Gasteiger partial charge in [-0.1, -0.05) is 0 Å². The van der Waals surface area contributed by atoms with Gasteiger partial charge in [-0.3, -0.25) is 13.9 Å². The van der Waals surface area contributed by atoms with Crippen molar-refractivity contribution in [3.63, 3.8) is 0 Å². The van der Waals surface area contributed by atoms with Gasteiger partial charge in [0.05, 0.1) is 28.5 Å². The molecule has 0 saturated heterocycles. The summed E-state index contributed by atoms with van der Waals surface area (Å²) < 4.78 is 27.5. The number of aryl methyl sites for hydroxylation is 2. The highest BCUT2D eigenvalue weighted by Gasteiger charge is 2.16. The van der Waals surface area contributed by atoms with Gasteiger partial charge in [-0.15, -0.1) is 0 Å². The molecule has 0 aliphatic carbocycles. The summed E-state index contributed by atoms with van der Waals surface area (Å²) >= 11 is 0. The summed E-state index contributed by atoms with van der Waals surface area (Å²) in [5, 5.41) is 0.265. The monoisotopic (exact) mass is 294 g/mol. The van der Waals surface area contributed by atoms with Gasteiger partial charge in [0.25, 0.3) is 12.0 Å². The van der Waals surface area contributed by atoms with Crippen LogP contribution in [0.1, 0.15) is 5.82 Å². The topological polar surface area (TPSA) is 72.7 Å². The number of aromatic nitrogens is 4. The minimum absolute atomic E-state index is 0.265. The van der Waals surface area contributed by atoms with Crippen LogP contribution in [0.15, 0.2) is 21.7 Å². The van der Waals surface area contributed by atoms with Gasteiger partial charge in [0.1, 0.15) is 5.82 Å². The zero-order valence-electron chi connectivity index (χ0n) is 11.4. The Labute approximate surface area is 116 Å². The lowest BCUT2D eigenvalue weighted by atomic mass is 10.2. The van der Waals surface area contributed by atoms with Crippen LogP contribution >= 0.6 is 0 Å². The van der Waals surface area contributed by atoms with Crippen molar-refractivity contribution >= 4 is 21.9 Å². The lowest BCUT2D eigenvalue weighted by Gasteiger charge is -2.03. The van der Waals surface area contributed by atoms with Crippen LogP contribution in [0.3, 0.4) is 0 Å². The molecule has 0 saturated carbocycles. The molecule has 0 spiro atoms. The molecule has 0 amide bonds. The van der Waals surface area contributed by atoms with Crippen molar-refractivity contribution in [3.05, 3.63) is 38.8 Å². The van der Waals surface area contributed by atoms with Gasteiger partial charge < -0.3 is 4.98 Å². The number of hydrogen-bond donors (Lipinski definition) is 1. The predicted octanol–water partition coefficient (Wildman–Crippen LogP) is 1.15. The number of alkyl halides is 2. The van der Waals surface area contributed by atoms with Gasteiger partial charge in [0.15, 0.2) is 0 Å². The Balaban J connectivity index is 2.46. The van der Waals surface area contributed by atoms with Gasteiger partial charge in [-0.25, -0.2) is 18.6 Å². The Morgan fingerprint density at radius 2 is 2.00 bits per heavy atom. The van der Waals surface area contributed by atoms with E-state index >= 15 is 0 Å². The first-order chi connectivity index (χ1) is 9.88. The van der Waals surface area contributed by atoms with Crippen LogP contribution in [-0.2, 0) is 13.6 Å². The predicted molar refractivity (Wildman–Crippen MR) is 73.8 cm³/mol. The lowest BCUT2D eigenvalue weighted by molar-refractivity contribution is 0.126. The average Bonchev–Trinajstić information content (AvgIpc) is 2.62. The average molecular weight is 294 g/mol. The molecule has 3 rings (SSSR count). The molecule has 0 fully saturated rings. The first-order valence-electron chi connectivity index (χ1n) is 6.26. The molecule has 0 atom stereocenters. The molecular formula is C13H12F2N4O2. The van der Waals surface area contributed by atoms with Crippen molar-refractivity contribution in [3.8, 4) is 0 Å². The number of hydrogen-bond acceptors (Lipinski definition) is 3. The maximum Gasteiger partial charge on any atom is 0.329 e. The second-order valence-electron chi connectivity index (χ2n) is 4.85. The number of nitrogens with zero attached hydrogens (tertiary/aromatic N) is 3. The van der Waals surface area contributed by atoms with E-state index in [1.54, 1.807) is 13.0 Å². The van der Waals surface area contributed by atoms with E-state index in [4.69, 9.17) is 0 Å². The fraction of sp³-hybridized carbons (Fsp3) is 0.308. The second-order valence-corrected chi connectivity index (χ2v) is 4.85. The fourth-order valence-corrected chi connectivity index (χ4v) is 2.47. The van der Waals surface area contributed by atoms with E-state index in [2.05, 4.69) is 9.97 Å². The van der Waals surface area contributed by atoms with Crippen LogP contribution in [0.4, 0.5) is 8.78 Å². The van der Waals surface area contributed by atoms with E-state index in [0.29, 0.717) is 22.4 Å². The van der Waals surface area contributed by atoms with Crippen molar-refractivity contribution in [1.82, 2.24) is 19.1 Å². The van der Waals surface area contributed by atoms with Crippen molar-refractivity contribution in [2.24, 2.45) is 7.05 Å². The standard InChI is InChI=1S/C13H12F2N4O2/c1-6-16-8-4-9-10(3-7(8)12(20)17-6)19(5-11(14)15)13(21)18(9)2/h3-4,11H,5H2,1-2H3,(H,16,17,20). The van der Waals surface area contributed by atoms with E-state index in [-0.39, 0.29) is 10.9 Å². The molecule has 1 N–H and O–H groups in total. The molecule has 3 aromatic rings. The van der Waals surface area contributed by atoms with E-state index in [9.17, 15) is 18.4 Å². The van der Waals surface area contributed by atoms with Gasteiger partial charge in [0, 0.05) is 7.05 Å². The Kier molecular flexibility index (Phi) is 2.89. The normalized spacial score (nSPS) is 11.9. The molecule has 110 valence electrons. The van der Waals surface area contributed by atoms with Crippen molar-refractivity contribution < 1.29 is 8.78 Å². The molecule has 8 heteroatoms. The zero-order valence-corrected chi connectivity index (χ0v) is 11.4. The summed E-state index contributed by atoms with van der Waals surface area (Å²) in [7, 11) is 1.50. The maximum atomic E-state index is 12.6. The summed E-state index contributed by atoms with van der Waals surface area (Å²) in [6.45, 7) is 0.935. The lowest BCUT2D eigenvalue weighted by Crippen LogP contribution is -2.24. The number of halogens is 2. The Morgan fingerprint density at radius 3 is 2.67 bits per heavy atom. The number of H-pyrrole nitrogens is 1. The third kappa shape index (κ3) is 2.03. The summed E-state index contributed by atoms with van der Waals surface area (Å²) in [5.41, 5.74) is 0.277. The Hall–Kier alpha value is -2.51. The summed E-state index contributed by atoms with van der Waals surface area (Å²) in [5.74, 6) is 0.448. The first-order valence-corrected chi connectivity index (χ1v) is 6.26. The number of imidazole rings is 1. The first kappa shape index (κ1) is 13.5. The van der Waals surface area contributed by atoms with Crippen molar-refractivity contribution in [2.75, 3.05) is 0 Å². The molecule has 0 unspecified atom stereocenters. The van der Waals surface area contributed by atoms with Crippen LogP contribution < -0.4 is 11.2 Å². The minimum Gasteiger partial charge on any atom is -0.310 e. The third-order valence-electron chi connectivity index (χ3n) is 3.41. The van der Waals surface area contributed by atoms with E-state index in [1.165, 1.54) is 17.7 Å². The highest BCUT2D eigenvalue weighted by Crippen LogP contribution is 2.19. The SMILES string of the molecule is Cc1nc2cc3c(cc2c(=O)[nH]1)n(CC(F)F)c(=O)n3C. The summed E-state index contributed by atoms with van der Waals surface area (Å²) in [6.07, 6.45) is -2.65. The fourth-order valence-electron chi connectivity index (χ4n) is 2.47. The number of fused-ring (bicyclic) bond motifs is 2. The van der Waals surface area contributed by atoms with Gasteiger partial charge in [-0.2, -0.15) is 0 Å².